The molecule has 18 nitrogen and oxygen atoms in total. The summed E-state index contributed by atoms with van der Waals surface area (Å²) in [6.07, 6.45) is 6.46. The molecular weight excluding hydrogens is 1080 g/mol. The van der Waals surface area contributed by atoms with Crippen molar-refractivity contribution in [2.75, 3.05) is 30.4 Å². The molecule has 5 aliphatic carbocycles. The molecular formula is C58H82F2N5O13PS. The van der Waals surface area contributed by atoms with E-state index >= 15 is 8.78 Å². The molecule has 3 fully saturated rings. The van der Waals surface area contributed by atoms with Crippen molar-refractivity contribution in [3.05, 3.63) is 53.6 Å². The van der Waals surface area contributed by atoms with Crippen molar-refractivity contribution in [2.45, 2.75) is 186 Å². The lowest BCUT2D eigenvalue weighted by Crippen LogP contribution is -2.70. The summed E-state index contributed by atoms with van der Waals surface area (Å²) in [6.45, 7) is 9.81. The van der Waals surface area contributed by atoms with E-state index in [0.717, 1.165) is 43.5 Å². The normalized spacial score (nSPS) is 30.2. The molecule has 1 aromatic rings. The van der Waals surface area contributed by atoms with Gasteiger partial charge >= 0.3 is 19.6 Å². The van der Waals surface area contributed by atoms with Crippen LogP contribution in [-0.4, -0.2) is 117 Å². The van der Waals surface area contributed by atoms with E-state index < -0.39 is 112 Å². The highest BCUT2D eigenvalue weighted by Crippen LogP contribution is 2.72. The number of nitrogens with two attached hydrogens (primary N) is 1. The number of nitrogens with one attached hydrogen (secondary N) is 4. The van der Waals surface area contributed by atoms with Crippen LogP contribution in [0.5, 0.6) is 0 Å². The molecule has 5 amide bonds. The van der Waals surface area contributed by atoms with Gasteiger partial charge in [0.1, 0.15) is 31.0 Å². The summed E-state index contributed by atoms with van der Waals surface area (Å²) >= 11 is 0.994. The predicted octanol–water partition coefficient (Wildman–Crippen LogP) is 7.83. The molecule has 5 aliphatic rings. The molecule has 80 heavy (non-hydrogen) atoms. The maximum atomic E-state index is 17.8. The van der Waals surface area contributed by atoms with Gasteiger partial charge in [0, 0.05) is 59.7 Å². The number of hydrogen-bond acceptors (Lipinski definition) is 13. The van der Waals surface area contributed by atoms with Gasteiger partial charge < -0.3 is 51.0 Å². The number of alkyl halides is 2. The van der Waals surface area contributed by atoms with Gasteiger partial charge in [0.15, 0.2) is 17.1 Å². The minimum Gasteiger partial charge on any atom is -0.449 e. The Labute approximate surface area is 473 Å². The van der Waals surface area contributed by atoms with Gasteiger partial charge in [-0.15, -0.1) is 5.92 Å². The maximum absolute atomic E-state index is 17.8. The van der Waals surface area contributed by atoms with E-state index in [1.54, 1.807) is 58.9 Å². The first-order valence-corrected chi connectivity index (χ1v) is 31.0. The Hall–Kier alpha value is -4.97. The second-order valence-corrected chi connectivity index (χ2v) is 26.0. The highest BCUT2D eigenvalue weighted by Gasteiger charge is 2.78. The first-order valence-electron chi connectivity index (χ1n) is 28.3. The van der Waals surface area contributed by atoms with E-state index in [1.165, 1.54) is 19.1 Å². The molecule has 0 aromatic heterocycles. The van der Waals surface area contributed by atoms with Gasteiger partial charge in [-0.2, -0.15) is 0 Å². The smallest absolute Gasteiger partial charge is 0.328 e. The number of aliphatic hydroxyl groups is 1. The number of esters is 1. The van der Waals surface area contributed by atoms with E-state index in [1.807, 2.05) is 0 Å². The van der Waals surface area contributed by atoms with Gasteiger partial charge in [0.25, 0.3) is 0 Å². The molecule has 0 radical (unpaired) electrons. The lowest BCUT2D eigenvalue weighted by atomic mass is 9.44. The number of ether oxygens (including phenoxy) is 2. The number of allylic oxidation sites excluding steroid dienone is 4. The molecule has 0 heterocycles. The average molecular weight is 1160 g/mol. The number of unbranched alkanes of at least 4 members (excludes halogenated alkanes) is 3. The second kappa shape index (κ2) is 27.9. The van der Waals surface area contributed by atoms with E-state index in [-0.39, 0.29) is 82.0 Å². The number of anilines is 1. The van der Waals surface area contributed by atoms with Gasteiger partial charge in [-0.3, -0.25) is 33.3 Å². The number of halogens is 2. The van der Waals surface area contributed by atoms with Crippen molar-refractivity contribution in [2.24, 2.45) is 40.2 Å². The molecule has 3 saturated carbocycles. The van der Waals surface area contributed by atoms with Crippen LogP contribution in [0.1, 0.15) is 143 Å². The van der Waals surface area contributed by atoms with Crippen molar-refractivity contribution in [3.8, 4) is 11.8 Å². The lowest BCUT2D eigenvalue weighted by Gasteiger charge is -2.63. The molecule has 8 N–H and O–H groups in total. The highest BCUT2D eigenvalue weighted by atomic mass is 32.2. The first-order chi connectivity index (χ1) is 37.8. The van der Waals surface area contributed by atoms with Crippen LogP contribution >= 0.6 is 19.4 Å². The van der Waals surface area contributed by atoms with Gasteiger partial charge in [0.05, 0.1) is 12.7 Å². The Balaban J connectivity index is 0.966. The number of thioether (sulfide) groups is 1. The number of benzene rings is 1. The number of rotatable bonds is 26. The Morgan fingerprint density at radius 1 is 0.975 bits per heavy atom. The molecule has 22 heteroatoms. The third-order valence-electron chi connectivity index (χ3n) is 17.1. The standard InChI is InChI=1S/C58H82F2N5O13PS/c1-7-49(69)78-58(37(4)30-42-43-32-45(59)44-31-40(66)25-26-55(44,5)57(43,60)47(67)33-56(42,58)6)53(72)80-29-16-12-11-15-28-79(74,75)77-34-38-21-23-39(24-22-38)63-51(70)46(20-17-27-62-54(61)73)64-52(71)50(36(2)3)65-48(68)35-76-41-18-13-9-8-10-14-19-41/h21-26,31,36-37,41-43,45-47,50,67H,7-13,15-18,20,27-30,32-35H2,1-6H3,(H,63,70)(H,64,71)(H,65,68)(H,74,75)(H3,61,62,73)/t37-,41?,42+,43+,45+,46+,47+,50+,55+,56+,57+,58+/m1/s1. The Bertz CT molecular complexity index is 2610. The van der Waals surface area contributed by atoms with Crippen LogP contribution in [-0.2, 0) is 53.9 Å². The van der Waals surface area contributed by atoms with Crippen LogP contribution in [0, 0.1) is 46.3 Å². The van der Waals surface area contributed by atoms with E-state index in [4.69, 9.17) is 19.7 Å². The molecule has 0 bridgehead atoms. The fourth-order valence-corrected chi connectivity index (χ4v) is 15.1. The minimum absolute atomic E-state index is 0.00198. The number of fused-ring (bicyclic) bond motifs is 5. The monoisotopic (exact) mass is 1160 g/mol. The number of carbonyl (C=O) groups excluding carboxylic acids is 7. The zero-order valence-corrected chi connectivity index (χ0v) is 48.7. The summed E-state index contributed by atoms with van der Waals surface area (Å²) in [7, 11) is -4.04. The summed E-state index contributed by atoms with van der Waals surface area (Å²) in [4.78, 5) is 102. The summed E-state index contributed by atoms with van der Waals surface area (Å²) in [5, 5.41) is 22.2. The maximum Gasteiger partial charge on any atom is 0.328 e. The van der Waals surface area contributed by atoms with Crippen LogP contribution in [0.2, 0.25) is 0 Å². The molecule has 13 atom stereocenters. The third kappa shape index (κ3) is 14.8. The number of urea groups is 1. The lowest BCUT2D eigenvalue weighted by molar-refractivity contribution is -0.228. The molecule has 2 unspecified atom stereocenters. The fourth-order valence-electron chi connectivity index (χ4n) is 12.7. The number of amides is 5. The summed E-state index contributed by atoms with van der Waals surface area (Å²) < 4.78 is 64.4. The summed E-state index contributed by atoms with van der Waals surface area (Å²) in [5.74, 6) is 1.09. The molecule has 6 rings (SSSR count). The molecule has 0 aliphatic heterocycles. The average Bonchev–Trinajstić information content (AvgIpc) is 3.86. The van der Waals surface area contributed by atoms with Gasteiger partial charge in [-0.05, 0) is 118 Å². The second-order valence-electron chi connectivity index (χ2n) is 22.9. The Morgan fingerprint density at radius 3 is 2.40 bits per heavy atom. The summed E-state index contributed by atoms with van der Waals surface area (Å²) in [6, 6.07) is 3.55. The van der Waals surface area contributed by atoms with Crippen molar-refractivity contribution in [1.82, 2.24) is 16.0 Å². The van der Waals surface area contributed by atoms with Gasteiger partial charge in [-0.1, -0.05) is 89.8 Å². The quantitative estimate of drug-likeness (QED) is 0.0202. The molecule has 0 saturated heterocycles. The highest BCUT2D eigenvalue weighted by molar-refractivity contribution is 8.13. The van der Waals surface area contributed by atoms with Crippen LogP contribution in [0.15, 0.2) is 48.1 Å². The van der Waals surface area contributed by atoms with Crippen LogP contribution in [0.4, 0.5) is 19.3 Å². The fraction of sp³-hybridized carbons (Fsp3) is 0.672. The molecule has 442 valence electrons. The van der Waals surface area contributed by atoms with Crippen molar-refractivity contribution >= 4 is 65.7 Å². The zero-order chi connectivity index (χ0) is 58.6. The SMILES string of the molecule is CCC(=O)O[C@]1(C(=O)SCCCCCCP(=O)(O)OCc2ccc(NC(=O)[C@H](CCCNC(N)=O)NC(=O)[C@@H](NC(=O)COC3C#CCCCCC3)C(C)C)cc2)[C@H](C)C[C@H]2[C@@H]3C[C@H](F)C4=CC(=O)C=C[C@]4(C)[C@@]3(F)[C@@H](O)C[C@@]21C. The number of carbonyl (C=O) groups is 7. The van der Waals surface area contributed by atoms with Crippen LogP contribution in [0.25, 0.3) is 0 Å². The number of hydrogen-bond donors (Lipinski definition) is 7. The van der Waals surface area contributed by atoms with E-state index in [2.05, 4.69) is 33.1 Å². The predicted molar refractivity (Wildman–Crippen MR) is 299 cm³/mol. The minimum atomic E-state index is -4.04. The van der Waals surface area contributed by atoms with Crippen molar-refractivity contribution in [1.29, 1.82) is 0 Å². The number of primary amides is 1. The largest absolute Gasteiger partial charge is 0.449 e. The van der Waals surface area contributed by atoms with Crippen molar-refractivity contribution < 1.29 is 70.9 Å². The number of aliphatic hydroxyl groups excluding tert-OH is 1. The third-order valence-corrected chi connectivity index (χ3v) is 19.5. The number of ketones is 1. The Morgan fingerprint density at radius 2 is 1.70 bits per heavy atom. The molecule has 0 spiro atoms. The van der Waals surface area contributed by atoms with Crippen molar-refractivity contribution in [3.63, 3.8) is 0 Å². The Kier molecular flexibility index (Phi) is 22.4. The van der Waals surface area contributed by atoms with Gasteiger partial charge in [-0.25, -0.2) is 13.6 Å². The summed E-state index contributed by atoms with van der Waals surface area (Å²) in [5.41, 5.74) is -0.823. The first kappa shape index (κ1) is 64.2. The molecule has 1 aromatic carbocycles. The van der Waals surface area contributed by atoms with Crippen LogP contribution < -0.4 is 27.0 Å². The van der Waals surface area contributed by atoms with Gasteiger partial charge in [0.2, 0.25) is 22.8 Å². The van der Waals surface area contributed by atoms with E-state index in [0.29, 0.717) is 49.1 Å². The zero-order valence-electron chi connectivity index (χ0n) is 47.0. The van der Waals surface area contributed by atoms with Crippen LogP contribution in [0.3, 0.4) is 0 Å². The van der Waals surface area contributed by atoms with E-state index in [9.17, 15) is 48.1 Å². The topological polar surface area (TPSA) is 279 Å².